The van der Waals surface area contributed by atoms with Gasteiger partial charge in [0.05, 0.1) is 11.6 Å². The molecule has 0 spiro atoms. The van der Waals surface area contributed by atoms with E-state index in [1.54, 1.807) is 18.7 Å². The Morgan fingerprint density at radius 2 is 2.17 bits per heavy atom. The van der Waals surface area contributed by atoms with Gasteiger partial charge in [0.2, 0.25) is 0 Å². The highest BCUT2D eigenvalue weighted by Crippen LogP contribution is 2.40. The highest BCUT2D eigenvalue weighted by atomic mass is 16.3. The number of nitrogens with one attached hydrogen (secondary N) is 1. The molecule has 0 bridgehead atoms. The van der Waals surface area contributed by atoms with Crippen LogP contribution in [-0.4, -0.2) is 39.2 Å². The van der Waals surface area contributed by atoms with Crippen LogP contribution in [0.15, 0.2) is 22.6 Å². The molecule has 128 valence electrons. The Balaban J connectivity index is 1.51. The predicted molar refractivity (Wildman–Crippen MR) is 91.0 cm³/mol. The summed E-state index contributed by atoms with van der Waals surface area (Å²) in [7, 11) is 0. The van der Waals surface area contributed by atoms with Crippen LogP contribution in [0.4, 0.5) is 10.5 Å². The molecule has 1 saturated heterocycles. The Hall–Kier alpha value is -2.08. The average molecular weight is 329 g/mol. The van der Waals surface area contributed by atoms with Crippen LogP contribution in [0.5, 0.6) is 0 Å². The maximum atomic E-state index is 12.6. The van der Waals surface area contributed by atoms with Gasteiger partial charge in [-0.3, -0.25) is 0 Å². The van der Waals surface area contributed by atoms with Gasteiger partial charge in [-0.05, 0) is 51.7 Å². The van der Waals surface area contributed by atoms with Gasteiger partial charge in [0, 0.05) is 24.2 Å². The van der Waals surface area contributed by atoms with Crippen LogP contribution in [0.3, 0.4) is 0 Å². The van der Waals surface area contributed by atoms with E-state index in [1.165, 1.54) is 0 Å². The number of hydrogen-bond donors (Lipinski definition) is 2. The summed E-state index contributed by atoms with van der Waals surface area (Å²) in [5.74, 6) is 1.27. The lowest BCUT2D eigenvalue weighted by molar-refractivity contribution is 0.0117. The lowest BCUT2D eigenvalue weighted by atomic mass is 9.97. The molecule has 6 heteroatoms. The fourth-order valence-corrected chi connectivity index (χ4v) is 3.46. The number of nitrogens with zero attached hydrogens (tertiary/aromatic N) is 2. The van der Waals surface area contributed by atoms with Crippen LogP contribution in [0.2, 0.25) is 0 Å². The molecule has 2 fully saturated rings. The summed E-state index contributed by atoms with van der Waals surface area (Å²) in [4.78, 5) is 18.8. The molecule has 4 rings (SSSR count). The van der Waals surface area contributed by atoms with Gasteiger partial charge >= 0.3 is 6.03 Å². The molecule has 1 aliphatic heterocycles. The van der Waals surface area contributed by atoms with Crippen molar-refractivity contribution in [3.8, 4) is 0 Å². The minimum atomic E-state index is -0.901. The second-order valence-corrected chi connectivity index (χ2v) is 7.44. The van der Waals surface area contributed by atoms with E-state index in [9.17, 15) is 9.90 Å². The molecule has 2 aromatic rings. The number of carbonyl (C=O) groups excluding carboxylic acids is 1. The van der Waals surface area contributed by atoms with Gasteiger partial charge in [-0.2, -0.15) is 0 Å². The molecule has 2 amide bonds. The standard InChI is InChI=1S/C18H23N3O3/c1-18(2,23)15-4-3-9-21(15)17(22)19-12-7-8-13-14(10-12)24-16(20-13)11-5-6-11/h7-8,10-11,15,23H,3-6,9H2,1-2H3,(H,19,22). The number of likely N-dealkylation sites (tertiary alicyclic amines) is 1. The SMILES string of the molecule is CC(C)(O)C1CCCN1C(=O)Nc1ccc2nc(C3CC3)oc2c1. The van der Waals surface area contributed by atoms with Crippen molar-refractivity contribution in [3.63, 3.8) is 0 Å². The van der Waals surface area contributed by atoms with Gasteiger partial charge < -0.3 is 19.7 Å². The lowest BCUT2D eigenvalue weighted by Crippen LogP contribution is -2.49. The molecule has 1 aromatic heterocycles. The monoisotopic (exact) mass is 329 g/mol. The van der Waals surface area contributed by atoms with Crippen LogP contribution < -0.4 is 5.32 Å². The number of benzene rings is 1. The molecule has 1 aromatic carbocycles. The quantitative estimate of drug-likeness (QED) is 0.904. The zero-order valence-corrected chi connectivity index (χ0v) is 14.1. The first-order valence-corrected chi connectivity index (χ1v) is 8.62. The fraction of sp³-hybridized carbons (Fsp3) is 0.556. The third kappa shape index (κ3) is 2.86. The highest BCUT2D eigenvalue weighted by molar-refractivity contribution is 5.92. The Kier molecular flexibility index (Phi) is 3.53. The maximum absolute atomic E-state index is 12.6. The van der Waals surface area contributed by atoms with Crippen molar-refractivity contribution in [2.45, 2.75) is 57.1 Å². The predicted octanol–water partition coefficient (Wildman–Crippen LogP) is 3.47. The summed E-state index contributed by atoms with van der Waals surface area (Å²) in [6, 6.07) is 5.20. The topological polar surface area (TPSA) is 78.6 Å². The number of carbonyl (C=O) groups is 1. The summed E-state index contributed by atoms with van der Waals surface area (Å²) in [5.41, 5.74) is 1.31. The summed E-state index contributed by atoms with van der Waals surface area (Å²) < 4.78 is 5.80. The number of fused-ring (bicyclic) bond motifs is 1. The Morgan fingerprint density at radius 3 is 2.88 bits per heavy atom. The van der Waals surface area contributed by atoms with Crippen molar-refractivity contribution in [2.24, 2.45) is 0 Å². The van der Waals surface area contributed by atoms with E-state index in [0.717, 1.165) is 37.1 Å². The van der Waals surface area contributed by atoms with Crippen molar-refractivity contribution in [1.82, 2.24) is 9.88 Å². The van der Waals surface area contributed by atoms with Crippen LogP contribution >= 0.6 is 0 Å². The third-order valence-corrected chi connectivity index (χ3v) is 4.91. The molecule has 2 N–H and O–H groups in total. The van der Waals surface area contributed by atoms with Gasteiger partial charge in [0.15, 0.2) is 11.5 Å². The number of hydrogen-bond acceptors (Lipinski definition) is 4. The molecular formula is C18H23N3O3. The molecule has 1 unspecified atom stereocenters. The number of urea groups is 1. The fourth-order valence-electron chi connectivity index (χ4n) is 3.46. The maximum Gasteiger partial charge on any atom is 0.322 e. The van der Waals surface area contributed by atoms with Crippen LogP contribution in [0, 0.1) is 0 Å². The molecule has 2 heterocycles. The molecular weight excluding hydrogens is 306 g/mol. The van der Waals surface area contributed by atoms with Crippen LogP contribution in [0.1, 0.15) is 51.3 Å². The smallest absolute Gasteiger partial charge is 0.322 e. The minimum absolute atomic E-state index is 0.159. The second kappa shape index (κ2) is 5.48. The summed E-state index contributed by atoms with van der Waals surface area (Å²) in [5, 5.41) is 13.2. The van der Waals surface area contributed by atoms with Gasteiger partial charge in [-0.1, -0.05) is 0 Å². The first-order chi connectivity index (χ1) is 11.4. The number of oxazole rings is 1. The number of amides is 2. The van der Waals surface area contributed by atoms with Crippen molar-refractivity contribution < 1.29 is 14.3 Å². The van der Waals surface area contributed by atoms with Crippen LogP contribution in [-0.2, 0) is 0 Å². The molecule has 1 aliphatic carbocycles. The molecule has 1 atom stereocenters. The number of anilines is 1. The molecule has 1 saturated carbocycles. The summed E-state index contributed by atoms with van der Waals surface area (Å²) in [6.07, 6.45) is 4.02. The first-order valence-electron chi connectivity index (χ1n) is 8.62. The first kappa shape index (κ1) is 15.4. The number of aliphatic hydroxyl groups is 1. The zero-order chi connectivity index (χ0) is 16.9. The zero-order valence-electron chi connectivity index (χ0n) is 14.1. The van der Waals surface area contributed by atoms with E-state index in [2.05, 4.69) is 10.3 Å². The van der Waals surface area contributed by atoms with E-state index in [1.807, 2.05) is 18.2 Å². The van der Waals surface area contributed by atoms with E-state index in [-0.39, 0.29) is 12.1 Å². The average Bonchev–Trinajstić information content (AvgIpc) is 3.09. The third-order valence-electron chi connectivity index (χ3n) is 4.91. The highest BCUT2D eigenvalue weighted by Gasteiger charge is 2.38. The van der Waals surface area contributed by atoms with Gasteiger partial charge in [-0.25, -0.2) is 9.78 Å². The molecule has 24 heavy (non-hydrogen) atoms. The summed E-state index contributed by atoms with van der Waals surface area (Å²) >= 11 is 0. The van der Waals surface area contributed by atoms with Crippen molar-refractivity contribution in [2.75, 3.05) is 11.9 Å². The molecule has 6 nitrogen and oxygen atoms in total. The largest absolute Gasteiger partial charge is 0.440 e. The van der Waals surface area contributed by atoms with Crippen LogP contribution in [0.25, 0.3) is 11.1 Å². The van der Waals surface area contributed by atoms with Crippen molar-refractivity contribution in [3.05, 3.63) is 24.1 Å². The number of aromatic nitrogens is 1. The lowest BCUT2D eigenvalue weighted by Gasteiger charge is -2.33. The van der Waals surface area contributed by atoms with Gasteiger partial charge in [-0.15, -0.1) is 0 Å². The van der Waals surface area contributed by atoms with Crippen molar-refractivity contribution in [1.29, 1.82) is 0 Å². The van der Waals surface area contributed by atoms with E-state index < -0.39 is 5.60 Å². The number of rotatable bonds is 3. The van der Waals surface area contributed by atoms with Gasteiger partial charge in [0.25, 0.3) is 0 Å². The minimum Gasteiger partial charge on any atom is -0.440 e. The Morgan fingerprint density at radius 1 is 1.38 bits per heavy atom. The summed E-state index contributed by atoms with van der Waals surface area (Å²) in [6.45, 7) is 4.17. The van der Waals surface area contributed by atoms with E-state index in [0.29, 0.717) is 23.7 Å². The molecule has 0 radical (unpaired) electrons. The van der Waals surface area contributed by atoms with Crippen molar-refractivity contribution >= 4 is 22.8 Å². The Labute approximate surface area is 140 Å². The normalized spacial score (nSPS) is 21.5. The van der Waals surface area contributed by atoms with Gasteiger partial charge in [0.1, 0.15) is 5.52 Å². The van der Waals surface area contributed by atoms with E-state index in [4.69, 9.17) is 4.42 Å². The second-order valence-electron chi connectivity index (χ2n) is 7.44. The van der Waals surface area contributed by atoms with E-state index >= 15 is 0 Å². The Bertz CT molecular complexity index is 773. The molecule has 2 aliphatic rings.